The Bertz CT molecular complexity index is 668. The SMILES string of the molecule is COc1cccc(OCCc2nc(C)c(C(=O)O)s2)c1OC. The van der Waals surface area contributed by atoms with Crippen LogP contribution in [0.15, 0.2) is 18.2 Å². The summed E-state index contributed by atoms with van der Waals surface area (Å²) in [7, 11) is 3.11. The zero-order valence-electron chi connectivity index (χ0n) is 12.6. The van der Waals surface area contributed by atoms with Crippen LogP contribution in [0.5, 0.6) is 17.2 Å². The molecule has 2 rings (SSSR count). The highest BCUT2D eigenvalue weighted by Gasteiger charge is 2.15. The van der Waals surface area contributed by atoms with E-state index in [0.29, 0.717) is 36.0 Å². The van der Waals surface area contributed by atoms with Crippen molar-refractivity contribution in [2.45, 2.75) is 13.3 Å². The fourth-order valence-electron chi connectivity index (χ4n) is 1.98. The molecular weight excluding hydrogens is 306 g/mol. The van der Waals surface area contributed by atoms with Gasteiger partial charge in [0.1, 0.15) is 4.88 Å². The van der Waals surface area contributed by atoms with Crippen molar-refractivity contribution in [3.8, 4) is 17.2 Å². The van der Waals surface area contributed by atoms with E-state index in [1.54, 1.807) is 33.3 Å². The summed E-state index contributed by atoms with van der Waals surface area (Å²) in [6, 6.07) is 5.39. The molecule has 1 heterocycles. The van der Waals surface area contributed by atoms with Crippen molar-refractivity contribution in [1.82, 2.24) is 4.98 Å². The second-order valence-corrected chi connectivity index (χ2v) is 5.50. The first-order valence-electron chi connectivity index (χ1n) is 6.60. The Morgan fingerprint density at radius 1 is 1.27 bits per heavy atom. The van der Waals surface area contributed by atoms with E-state index in [1.165, 1.54) is 11.3 Å². The molecular formula is C15H17NO5S. The second kappa shape index (κ2) is 7.13. The number of aryl methyl sites for hydroxylation is 1. The number of para-hydroxylation sites is 1. The monoisotopic (exact) mass is 323 g/mol. The van der Waals surface area contributed by atoms with Gasteiger partial charge in [-0.2, -0.15) is 0 Å². The molecule has 0 aliphatic carbocycles. The molecule has 0 unspecified atom stereocenters. The number of carbonyl (C=O) groups is 1. The van der Waals surface area contributed by atoms with Gasteiger partial charge in [-0.25, -0.2) is 9.78 Å². The van der Waals surface area contributed by atoms with Gasteiger partial charge in [-0.15, -0.1) is 11.3 Å². The summed E-state index contributed by atoms with van der Waals surface area (Å²) in [4.78, 5) is 15.5. The van der Waals surface area contributed by atoms with Gasteiger partial charge in [-0.1, -0.05) is 6.07 Å². The smallest absolute Gasteiger partial charge is 0.347 e. The average molecular weight is 323 g/mol. The normalized spacial score (nSPS) is 10.3. The molecule has 0 fully saturated rings. The summed E-state index contributed by atoms with van der Waals surface area (Å²) in [5.74, 6) is 0.759. The van der Waals surface area contributed by atoms with Gasteiger partial charge in [0, 0.05) is 6.42 Å². The molecule has 0 atom stereocenters. The fourth-order valence-corrected chi connectivity index (χ4v) is 2.86. The highest BCUT2D eigenvalue weighted by molar-refractivity contribution is 7.13. The van der Waals surface area contributed by atoms with Gasteiger partial charge in [-0.3, -0.25) is 0 Å². The topological polar surface area (TPSA) is 77.9 Å². The summed E-state index contributed by atoms with van der Waals surface area (Å²) in [6.45, 7) is 2.06. The minimum absolute atomic E-state index is 0.272. The maximum Gasteiger partial charge on any atom is 0.347 e. The predicted octanol–water partition coefficient (Wildman–Crippen LogP) is 2.79. The molecule has 0 aliphatic rings. The Kier molecular flexibility index (Phi) is 5.21. The molecule has 0 saturated heterocycles. The molecule has 0 bridgehead atoms. The van der Waals surface area contributed by atoms with Gasteiger partial charge in [0.05, 0.1) is 31.5 Å². The minimum Gasteiger partial charge on any atom is -0.493 e. The lowest BCUT2D eigenvalue weighted by atomic mass is 10.3. The Hall–Kier alpha value is -2.28. The van der Waals surface area contributed by atoms with Crippen molar-refractivity contribution >= 4 is 17.3 Å². The highest BCUT2D eigenvalue weighted by atomic mass is 32.1. The van der Waals surface area contributed by atoms with Gasteiger partial charge < -0.3 is 19.3 Å². The standard InChI is InChI=1S/C15H17NO5S/c1-9-14(15(17)18)22-12(16-9)7-8-21-11-6-4-5-10(19-2)13(11)20-3/h4-6H,7-8H2,1-3H3,(H,17,18). The summed E-state index contributed by atoms with van der Waals surface area (Å²) in [5, 5.41) is 9.75. The van der Waals surface area contributed by atoms with Crippen molar-refractivity contribution < 1.29 is 24.1 Å². The van der Waals surface area contributed by atoms with Crippen LogP contribution in [0.4, 0.5) is 0 Å². The van der Waals surface area contributed by atoms with Gasteiger partial charge in [0.2, 0.25) is 5.75 Å². The van der Waals surface area contributed by atoms with Gasteiger partial charge in [0.15, 0.2) is 11.5 Å². The first-order chi connectivity index (χ1) is 10.6. The van der Waals surface area contributed by atoms with Crippen LogP contribution in [-0.4, -0.2) is 36.9 Å². The molecule has 22 heavy (non-hydrogen) atoms. The predicted molar refractivity (Wildman–Crippen MR) is 82.6 cm³/mol. The van der Waals surface area contributed by atoms with E-state index in [4.69, 9.17) is 19.3 Å². The molecule has 0 radical (unpaired) electrons. The number of hydrogen-bond acceptors (Lipinski definition) is 6. The van der Waals surface area contributed by atoms with Gasteiger partial charge in [0.25, 0.3) is 0 Å². The van der Waals surface area contributed by atoms with Crippen LogP contribution in [0, 0.1) is 6.92 Å². The van der Waals surface area contributed by atoms with E-state index in [1.807, 2.05) is 6.07 Å². The Balaban J connectivity index is 2.02. The van der Waals surface area contributed by atoms with Crippen molar-refractivity contribution in [3.05, 3.63) is 33.8 Å². The molecule has 7 heteroatoms. The number of ether oxygens (including phenoxy) is 3. The lowest BCUT2D eigenvalue weighted by molar-refractivity contribution is 0.0701. The lowest BCUT2D eigenvalue weighted by Gasteiger charge is -2.13. The third kappa shape index (κ3) is 3.48. The minimum atomic E-state index is -0.948. The Morgan fingerprint density at radius 3 is 2.59 bits per heavy atom. The number of carboxylic acids is 1. The van der Waals surface area contributed by atoms with Crippen LogP contribution in [0.25, 0.3) is 0 Å². The number of carboxylic acid groups (broad SMARTS) is 1. The van der Waals surface area contributed by atoms with Crippen LogP contribution < -0.4 is 14.2 Å². The van der Waals surface area contributed by atoms with Crippen LogP contribution in [-0.2, 0) is 6.42 Å². The molecule has 118 valence electrons. The third-order valence-electron chi connectivity index (χ3n) is 2.98. The van der Waals surface area contributed by atoms with E-state index >= 15 is 0 Å². The van der Waals surface area contributed by atoms with E-state index in [-0.39, 0.29) is 4.88 Å². The molecule has 1 aromatic heterocycles. The number of aromatic carboxylic acids is 1. The van der Waals surface area contributed by atoms with Gasteiger partial charge in [-0.05, 0) is 19.1 Å². The average Bonchev–Trinajstić information content (AvgIpc) is 2.88. The molecule has 1 N–H and O–H groups in total. The molecule has 0 amide bonds. The molecule has 1 aromatic carbocycles. The number of aromatic nitrogens is 1. The molecule has 2 aromatic rings. The lowest BCUT2D eigenvalue weighted by Crippen LogP contribution is -2.03. The number of methoxy groups -OCH3 is 2. The fraction of sp³-hybridized carbons (Fsp3) is 0.333. The van der Waals surface area contributed by atoms with E-state index in [0.717, 1.165) is 5.01 Å². The number of hydrogen-bond donors (Lipinski definition) is 1. The van der Waals surface area contributed by atoms with Crippen molar-refractivity contribution in [2.75, 3.05) is 20.8 Å². The third-order valence-corrected chi connectivity index (χ3v) is 4.18. The highest BCUT2D eigenvalue weighted by Crippen LogP contribution is 2.36. The maximum atomic E-state index is 11.0. The van der Waals surface area contributed by atoms with Crippen molar-refractivity contribution in [3.63, 3.8) is 0 Å². The molecule has 0 spiro atoms. The number of benzene rings is 1. The summed E-state index contributed by atoms with van der Waals surface area (Å²) in [5.41, 5.74) is 0.534. The maximum absolute atomic E-state index is 11.0. The van der Waals surface area contributed by atoms with Crippen molar-refractivity contribution in [1.29, 1.82) is 0 Å². The molecule has 0 saturated carbocycles. The van der Waals surface area contributed by atoms with Crippen LogP contribution in [0.2, 0.25) is 0 Å². The van der Waals surface area contributed by atoms with E-state index in [9.17, 15) is 4.79 Å². The summed E-state index contributed by atoms with van der Waals surface area (Å²) >= 11 is 1.17. The second-order valence-electron chi connectivity index (χ2n) is 4.42. The zero-order valence-corrected chi connectivity index (χ0v) is 13.4. The molecule has 0 aliphatic heterocycles. The van der Waals surface area contributed by atoms with Gasteiger partial charge >= 0.3 is 5.97 Å². The van der Waals surface area contributed by atoms with E-state index < -0.39 is 5.97 Å². The summed E-state index contributed by atoms with van der Waals surface area (Å²) < 4.78 is 16.2. The van der Waals surface area contributed by atoms with E-state index in [2.05, 4.69) is 4.98 Å². The first kappa shape index (κ1) is 16.1. The Morgan fingerprint density at radius 2 is 2.00 bits per heavy atom. The summed E-state index contributed by atoms with van der Waals surface area (Å²) in [6.07, 6.45) is 0.527. The number of rotatable bonds is 7. The first-order valence-corrected chi connectivity index (χ1v) is 7.41. The molecule has 6 nitrogen and oxygen atoms in total. The largest absolute Gasteiger partial charge is 0.493 e. The van der Waals surface area contributed by atoms with Crippen LogP contribution in [0.1, 0.15) is 20.4 Å². The van der Waals surface area contributed by atoms with Crippen LogP contribution >= 0.6 is 11.3 Å². The number of nitrogens with zero attached hydrogens (tertiary/aromatic N) is 1. The van der Waals surface area contributed by atoms with Crippen LogP contribution in [0.3, 0.4) is 0 Å². The van der Waals surface area contributed by atoms with Crippen molar-refractivity contribution in [2.24, 2.45) is 0 Å². The Labute approximate surface area is 132 Å². The zero-order chi connectivity index (χ0) is 16.1. The number of thiazole rings is 1. The quantitative estimate of drug-likeness (QED) is 0.844.